The number of likely N-dealkylation sites (N-methyl/N-ethyl adjacent to an activating group) is 1. The van der Waals surface area contributed by atoms with Crippen molar-refractivity contribution in [2.24, 2.45) is 5.84 Å². The van der Waals surface area contributed by atoms with Crippen LogP contribution in [0.5, 0.6) is 0 Å². The lowest BCUT2D eigenvalue weighted by atomic mass is 10.3. The number of aliphatic hydroxyl groups excluding tert-OH is 1. The van der Waals surface area contributed by atoms with E-state index in [1.54, 1.807) is 6.07 Å². The van der Waals surface area contributed by atoms with Gasteiger partial charge in [0.1, 0.15) is 12.0 Å². The van der Waals surface area contributed by atoms with E-state index in [1.807, 2.05) is 17.4 Å². The predicted octanol–water partition coefficient (Wildman–Crippen LogP) is -0.676. The van der Waals surface area contributed by atoms with Gasteiger partial charge in [0.05, 0.1) is 31.9 Å². The number of amides is 1. The highest BCUT2D eigenvalue weighted by molar-refractivity contribution is 5.93. The molecule has 0 radical (unpaired) electrons. The fourth-order valence-corrected chi connectivity index (χ4v) is 1.40. The smallest absolute Gasteiger partial charge is 0.268 e. The third-order valence-electron chi connectivity index (χ3n) is 2.33. The Kier molecular flexibility index (Phi) is 6.37. The van der Waals surface area contributed by atoms with Crippen molar-refractivity contribution in [3.8, 4) is 0 Å². The molecule has 1 aromatic rings. The van der Waals surface area contributed by atoms with E-state index in [2.05, 4.69) is 0 Å². The van der Waals surface area contributed by atoms with Crippen LogP contribution in [-0.4, -0.2) is 49.3 Å². The molecule has 1 heterocycles. The number of hydrazine groups is 1. The summed E-state index contributed by atoms with van der Waals surface area (Å²) in [5, 5.41) is 8.54. The van der Waals surface area contributed by atoms with Gasteiger partial charge >= 0.3 is 0 Å². The summed E-state index contributed by atoms with van der Waals surface area (Å²) in [6.07, 6.45) is 1.37. The van der Waals surface area contributed by atoms with Crippen molar-refractivity contribution < 1.29 is 19.1 Å². The van der Waals surface area contributed by atoms with E-state index in [9.17, 15) is 4.79 Å². The van der Waals surface area contributed by atoms with Gasteiger partial charge in [-0.2, -0.15) is 0 Å². The van der Waals surface area contributed by atoms with Gasteiger partial charge in [-0.3, -0.25) is 15.1 Å². The van der Waals surface area contributed by atoms with Crippen LogP contribution in [0.25, 0.3) is 0 Å². The zero-order chi connectivity index (χ0) is 13.4. The Hall–Kier alpha value is -1.41. The van der Waals surface area contributed by atoms with E-state index in [1.165, 1.54) is 6.26 Å². The van der Waals surface area contributed by atoms with Gasteiger partial charge in [-0.05, 0) is 13.1 Å². The van der Waals surface area contributed by atoms with Crippen LogP contribution in [0, 0.1) is 0 Å². The number of hydrogen-bond donors (Lipinski definition) is 3. The fraction of sp³-hybridized carbons (Fsp3) is 0.545. The SMILES string of the molecule is CN(CCOCCO)Cc1cc(C(=O)NN)co1. The Labute approximate surface area is 105 Å². The van der Waals surface area contributed by atoms with Gasteiger partial charge in [0.2, 0.25) is 0 Å². The molecule has 7 heteroatoms. The average molecular weight is 257 g/mol. The van der Waals surface area contributed by atoms with Crippen molar-refractivity contribution in [2.45, 2.75) is 6.54 Å². The van der Waals surface area contributed by atoms with Crippen molar-refractivity contribution >= 4 is 5.91 Å². The number of carbonyl (C=O) groups is 1. The van der Waals surface area contributed by atoms with Gasteiger partial charge in [0.15, 0.2) is 0 Å². The average Bonchev–Trinajstić information content (AvgIpc) is 2.82. The summed E-state index contributed by atoms with van der Waals surface area (Å²) in [4.78, 5) is 13.2. The van der Waals surface area contributed by atoms with E-state index in [0.29, 0.717) is 37.6 Å². The third-order valence-corrected chi connectivity index (χ3v) is 2.33. The molecule has 1 amide bonds. The molecule has 0 aliphatic rings. The van der Waals surface area contributed by atoms with E-state index >= 15 is 0 Å². The molecule has 1 rings (SSSR count). The lowest BCUT2D eigenvalue weighted by Gasteiger charge is -2.14. The van der Waals surface area contributed by atoms with Crippen LogP contribution in [0.2, 0.25) is 0 Å². The summed E-state index contributed by atoms with van der Waals surface area (Å²) in [6, 6.07) is 1.65. The van der Waals surface area contributed by atoms with Crippen LogP contribution in [0.1, 0.15) is 16.1 Å². The molecule has 7 nitrogen and oxygen atoms in total. The number of nitrogens with two attached hydrogens (primary N) is 1. The van der Waals surface area contributed by atoms with Gasteiger partial charge < -0.3 is 14.3 Å². The van der Waals surface area contributed by atoms with Gasteiger partial charge in [0, 0.05) is 6.54 Å². The molecule has 0 atom stereocenters. The first-order valence-electron chi connectivity index (χ1n) is 5.63. The van der Waals surface area contributed by atoms with Crippen LogP contribution < -0.4 is 11.3 Å². The molecule has 102 valence electrons. The molecule has 0 spiro atoms. The summed E-state index contributed by atoms with van der Waals surface area (Å²) in [6.45, 7) is 2.18. The minimum Gasteiger partial charge on any atom is -0.467 e. The Morgan fingerprint density at radius 2 is 2.39 bits per heavy atom. The fourth-order valence-electron chi connectivity index (χ4n) is 1.40. The molecule has 0 fully saturated rings. The van der Waals surface area contributed by atoms with Gasteiger partial charge in [-0.25, -0.2) is 5.84 Å². The van der Waals surface area contributed by atoms with Crippen molar-refractivity contribution in [2.75, 3.05) is 33.4 Å². The second-order valence-electron chi connectivity index (χ2n) is 3.85. The lowest BCUT2D eigenvalue weighted by molar-refractivity contribution is 0.0762. The summed E-state index contributed by atoms with van der Waals surface area (Å²) in [5.41, 5.74) is 2.44. The first-order valence-corrected chi connectivity index (χ1v) is 5.63. The van der Waals surface area contributed by atoms with E-state index in [0.717, 1.165) is 0 Å². The maximum absolute atomic E-state index is 11.2. The molecule has 0 saturated carbocycles. The minimum absolute atomic E-state index is 0.0272. The largest absolute Gasteiger partial charge is 0.467 e. The Bertz CT molecular complexity index is 367. The van der Waals surface area contributed by atoms with Crippen LogP contribution in [-0.2, 0) is 11.3 Å². The molecule has 0 saturated heterocycles. The van der Waals surface area contributed by atoms with Crippen LogP contribution >= 0.6 is 0 Å². The maximum atomic E-state index is 11.2. The quantitative estimate of drug-likeness (QED) is 0.247. The van der Waals surface area contributed by atoms with Crippen molar-refractivity contribution in [1.82, 2.24) is 10.3 Å². The highest BCUT2D eigenvalue weighted by Gasteiger charge is 2.10. The molecule has 4 N–H and O–H groups in total. The number of rotatable bonds is 8. The van der Waals surface area contributed by atoms with Gasteiger partial charge in [-0.1, -0.05) is 0 Å². The third kappa shape index (κ3) is 4.84. The van der Waals surface area contributed by atoms with E-state index in [-0.39, 0.29) is 12.5 Å². The summed E-state index contributed by atoms with van der Waals surface area (Å²) >= 11 is 0. The minimum atomic E-state index is -0.376. The summed E-state index contributed by atoms with van der Waals surface area (Å²) in [5.74, 6) is 5.32. The molecular weight excluding hydrogens is 238 g/mol. The van der Waals surface area contributed by atoms with Crippen LogP contribution in [0.15, 0.2) is 16.7 Å². The lowest BCUT2D eigenvalue weighted by Crippen LogP contribution is -2.29. The highest BCUT2D eigenvalue weighted by Crippen LogP contribution is 2.09. The standard InChI is InChI=1S/C11H19N3O4/c1-14(2-4-17-5-3-15)7-10-6-9(8-18-10)11(16)13-12/h6,8,15H,2-5,7,12H2,1H3,(H,13,16). The predicted molar refractivity (Wildman–Crippen MR) is 64.6 cm³/mol. The Morgan fingerprint density at radius 3 is 3.06 bits per heavy atom. The van der Waals surface area contributed by atoms with Crippen LogP contribution in [0.3, 0.4) is 0 Å². The van der Waals surface area contributed by atoms with Crippen molar-refractivity contribution in [1.29, 1.82) is 0 Å². The first-order chi connectivity index (χ1) is 8.67. The Balaban J connectivity index is 2.33. The number of carbonyl (C=O) groups excluding carboxylic acids is 1. The first kappa shape index (κ1) is 14.7. The monoisotopic (exact) mass is 257 g/mol. The molecule has 0 aliphatic heterocycles. The number of nitrogens with one attached hydrogen (secondary N) is 1. The molecule has 0 aromatic carbocycles. The van der Waals surface area contributed by atoms with E-state index < -0.39 is 0 Å². The number of furan rings is 1. The molecule has 18 heavy (non-hydrogen) atoms. The Morgan fingerprint density at radius 1 is 1.61 bits per heavy atom. The van der Waals surface area contributed by atoms with Crippen molar-refractivity contribution in [3.05, 3.63) is 23.7 Å². The zero-order valence-corrected chi connectivity index (χ0v) is 10.4. The summed E-state index contributed by atoms with van der Waals surface area (Å²) < 4.78 is 10.4. The number of nitrogens with zero attached hydrogens (tertiary/aromatic N) is 1. The highest BCUT2D eigenvalue weighted by atomic mass is 16.5. The number of aliphatic hydroxyl groups is 1. The number of nitrogen functional groups attached to an aromatic ring is 1. The van der Waals surface area contributed by atoms with Gasteiger partial charge in [0.25, 0.3) is 5.91 Å². The maximum Gasteiger partial charge on any atom is 0.268 e. The number of ether oxygens (including phenoxy) is 1. The molecule has 1 aromatic heterocycles. The van der Waals surface area contributed by atoms with Crippen LogP contribution in [0.4, 0.5) is 0 Å². The molecule has 0 aliphatic carbocycles. The zero-order valence-electron chi connectivity index (χ0n) is 10.4. The number of hydrogen-bond acceptors (Lipinski definition) is 6. The normalized spacial score (nSPS) is 10.9. The van der Waals surface area contributed by atoms with Crippen molar-refractivity contribution in [3.63, 3.8) is 0 Å². The topological polar surface area (TPSA) is 101 Å². The van der Waals surface area contributed by atoms with E-state index in [4.69, 9.17) is 20.1 Å². The second-order valence-corrected chi connectivity index (χ2v) is 3.85. The molecule has 0 unspecified atom stereocenters. The second kappa shape index (κ2) is 7.83. The van der Waals surface area contributed by atoms with Gasteiger partial charge in [-0.15, -0.1) is 0 Å². The summed E-state index contributed by atoms with van der Waals surface area (Å²) in [7, 11) is 1.91. The molecule has 0 bridgehead atoms. The molecular formula is C11H19N3O4.